The molecule has 0 bridgehead atoms. The first-order valence-electron chi connectivity index (χ1n) is 9.74. The molecule has 0 radical (unpaired) electrons. The normalized spacial score (nSPS) is 11.1. The van der Waals surface area contributed by atoms with Gasteiger partial charge in [0, 0.05) is 12.2 Å². The van der Waals surface area contributed by atoms with E-state index < -0.39 is 0 Å². The molecule has 0 aliphatic heterocycles. The quantitative estimate of drug-likeness (QED) is 0.367. The third-order valence-electron chi connectivity index (χ3n) is 5.45. The smallest absolute Gasteiger partial charge is 0.293 e. The van der Waals surface area contributed by atoms with Crippen molar-refractivity contribution in [2.75, 3.05) is 11.1 Å². The maximum Gasteiger partial charge on any atom is 0.293 e. The Morgan fingerprint density at radius 1 is 1.03 bits per heavy atom. The molecule has 29 heavy (non-hydrogen) atoms. The zero-order valence-corrected chi connectivity index (χ0v) is 19.4. The van der Waals surface area contributed by atoms with Crippen LogP contribution in [0.25, 0.3) is 0 Å². The molecule has 1 aromatic carbocycles. The molecule has 2 aromatic heterocycles. The Bertz CT molecular complexity index is 1010. The Morgan fingerprint density at radius 2 is 1.69 bits per heavy atom. The molecule has 0 aliphatic carbocycles. The number of nitrogens with one attached hydrogen (secondary N) is 1. The molecule has 0 atom stereocenters. The van der Waals surface area contributed by atoms with Crippen LogP contribution in [-0.4, -0.2) is 21.9 Å². The van der Waals surface area contributed by atoms with Crippen LogP contribution in [0.15, 0.2) is 20.9 Å². The summed E-state index contributed by atoms with van der Waals surface area (Å²) in [6.07, 6.45) is 1.74. The second-order valence-corrected chi connectivity index (χ2v) is 9.54. The topological polar surface area (TPSA) is 68.0 Å². The van der Waals surface area contributed by atoms with Crippen LogP contribution in [0.3, 0.4) is 0 Å². The zero-order valence-electron chi connectivity index (χ0n) is 17.8. The van der Waals surface area contributed by atoms with Gasteiger partial charge in [-0.05, 0) is 86.6 Å². The number of thioether (sulfide) groups is 1. The minimum atomic E-state index is -0.302. The third kappa shape index (κ3) is 4.73. The van der Waals surface area contributed by atoms with Gasteiger partial charge in [-0.15, -0.1) is 10.2 Å². The van der Waals surface area contributed by atoms with Crippen molar-refractivity contribution in [1.29, 1.82) is 0 Å². The van der Waals surface area contributed by atoms with Gasteiger partial charge in [-0.3, -0.25) is 10.1 Å². The fraction of sp³-hybridized carbons (Fsp3) is 0.409. The highest BCUT2D eigenvalue weighted by atomic mass is 32.2. The van der Waals surface area contributed by atoms with Gasteiger partial charge in [0.05, 0.1) is 0 Å². The first-order chi connectivity index (χ1) is 13.8. The number of carbonyl (C=O) groups excluding carboxylic acids is 1. The number of benzene rings is 1. The van der Waals surface area contributed by atoms with E-state index in [-0.39, 0.29) is 11.7 Å². The standard InChI is InChI=1S/C22H27N3O2S2/c1-7-10-28-22-25-24-21(29-22)23-20(26)19-9-8-17(27-19)11-18-15(5)13(3)12(2)14(4)16(18)6/h8-9H,7,10-11H2,1-6H3,(H,23,24,26). The minimum absolute atomic E-state index is 0.286. The lowest BCUT2D eigenvalue weighted by Gasteiger charge is -2.18. The predicted octanol–water partition coefficient (Wildman–Crippen LogP) is 6.02. The predicted molar refractivity (Wildman–Crippen MR) is 121 cm³/mol. The molecule has 7 heteroatoms. The fourth-order valence-corrected chi connectivity index (χ4v) is 4.95. The molecule has 0 unspecified atom stereocenters. The summed E-state index contributed by atoms with van der Waals surface area (Å²) in [5, 5.41) is 11.4. The number of hydrogen-bond donors (Lipinski definition) is 1. The molecular weight excluding hydrogens is 402 g/mol. The molecule has 0 saturated heterocycles. The SMILES string of the molecule is CCCSc1nnc(NC(=O)c2ccc(Cc3c(C)c(C)c(C)c(C)c3C)o2)s1. The molecule has 0 spiro atoms. The number of amides is 1. The first-order valence-corrected chi connectivity index (χ1v) is 11.5. The molecular formula is C22H27N3O2S2. The molecule has 3 aromatic rings. The monoisotopic (exact) mass is 429 g/mol. The average molecular weight is 430 g/mol. The van der Waals surface area contributed by atoms with Crippen LogP contribution in [0.1, 0.15) is 63.0 Å². The molecule has 154 valence electrons. The van der Waals surface area contributed by atoms with Crippen molar-refractivity contribution in [3.05, 3.63) is 57.0 Å². The Hall–Kier alpha value is -2.12. The number of nitrogens with zero attached hydrogens (tertiary/aromatic N) is 2. The average Bonchev–Trinajstić information content (AvgIpc) is 3.36. The van der Waals surface area contributed by atoms with Gasteiger partial charge in [0.2, 0.25) is 5.13 Å². The van der Waals surface area contributed by atoms with Gasteiger partial charge < -0.3 is 4.42 Å². The Balaban J connectivity index is 1.73. The second-order valence-electron chi connectivity index (χ2n) is 7.22. The van der Waals surface area contributed by atoms with Crippen molar-refractivity contribution in [2.45, 2.75) is 58.7 Å². The van der Waals surface area contributed by atoms with Crippen LogP contribution in [0.4, 0.5) is 5.13 Å². The van der Waals surface area contributed by atoms with Crippen LogP contribution in [0, 0.1) is 34.6 Å². The summed E-state index contributed by atoms with van der Waals surface area (Å²) in [6.45, 7) is 12.9. The van der Waals surface area contributed by atoms with Crippen molar-refractivity contribution in [3.63, 3.8) is 0 Å². The van der Waals surface area contributed by atoms with E-state index >= 15 is 0 Å². The second kappa shape index (κ2) is 9.13. The van der Waals surface area contributed by atoms with Gasteiger partial charge in [0.15, 0.2) is 10.1 Å². The van der Waals surface area contributed by atoms with Gasteiger partial charge in [-0.1, -0.05) is 30.0 Å². The van der Waals surface area contributed by atoms with Gasteiger partial charge in [-0.2, -0.15) is 0 Å². The van der Waals surface area contributed by atoms with E-state index in [0.29, 0.717) is 11.6 Å². The lowest BCUT2D eigenvalue weighted by atomic mass is 9.88. The van der Waals surface area contributed by atoms with E-state index in [9.17, 15) is 4.79 Å². The highest BCUT2D eigenvalue weighted by Crippen LogP contribution is 2.29. The summed E-state index contributed by atoms with van der Waals surface area (Å²) >= 11 is 3.03. The highest BCUT2D eigenvalue weighted by molar-refractivity contribution is 8.01. The number of carbonyl (C=O) groups is 1. The molecule has 3 rings (SSSR count). The largest absolute Gasteiger partial charge is 0.456 e. The van der Waals surface area contributed by atoms with E-state index in [2.05, 4.69) is 57.1 Å². The molecule has 2 heterocycles. The van der Waals surface area contributed by atoms with E-state index in [4.69, 9.17) is 4.42 Å². The van der Waals surface area contributed by atoms with E-state index in [1.807, 2.05) is 6.07 Å². The van der Waals surface area contributed by atoms with Crippen molar-refractivity contribution in [2.24, 2.45) is 0 Å². The first kappa shape index (κ1) is 21.6. The zero-order chi connectivity index (χ0) is 21.1. The van der Waals surface area contributed by atoms with E-state index in [0.717, 1.165) is 22.3 Å². The van der Waals surface area contributed by atoms with Crippen molar-refractivity contribution in [1.82, 2.24) is 10.2 Å². The van der Waals surface area contributed by atoms with Gasteiger partial charge in [-0.25, -0.2) is 0 Å². The lowest BCUT2D eigenvalue weighted by Crippen LogP contribution is -2.10. The molecule has 1 amide bonds. The van der Waals surface area contributed by atoms with Crippen LogP contribution in [-0.2, 0) is 6.42 Å². The Morgan fingerprint density at radius 3 is 2.34 bits per heavy atom. The summed E-state index contributed by atoms with van der Waals surface area (Å²) in [7, 11) is 0. The molecule has 0 fully saturated rings. The summed E-state index contributed by atoms with van der Waals surface area (Å²) in [5.74, 6) is 1.75. The molecule has 0 aliphatic rings. The number of rotatable bonds is 7. The number of furan rings is 1. The van der Waals surface area contributed by atoms with Gasteiger partial charge >= 0.3 is 0 Å². The van der Waals surface area contributed by atoms with Gasteiger partial charge in [0.25, 0.3) is 5.91 Å². The van der Waals surface area contributed by atoms with E-state index in [1.165, 1.54) is 44.7 Å². The number of hydrogen-bond acceptors (Lipinski definition) is 6. The van der Waals surface area contributed by atoms with Crippen molar-refractivity contribution >= 4 is 34.1 Å². The number of aromatic nitrogens is 2. The van der Waals surface area contributed by atoms with Crippen LogP contribution in [0.2, 0.25) is 0 Å². The Labute approximate surface area is 180 Å². The Kier molecular flexibility index (Phi) is 6.80. The minimum Gasteiger partial charge on any atom is -0.456 e. The molecule has 0 saturated carbocycles. The van der Waals surface area contributed by atoms with Crippen LogP contribution in [0.5, 0.6) is 0 Å². The van der Waals surface area contributed by atoms with Crippen LogP contribution < -0.4 is 5.32 Å². The van der Waals surface area contributed by atoms with Crippen molar-refractivity contribution < 1.29 is 9.21 Å². The third-order valence-corrected chi connectivity index (χ3v) is 7.63. The summed E-state index contributed by atoms with van der Waals surface area (Å²) < 4.78 is 6.71. The van der Waals surface area contributed by atoms with E-state index in [1.54, 1.807) is 17.8 Å². The number of anilines is 1. The molecule has 5 nitrogen and oxygen atoms in total. The van der Waals surface area contributed by atoms with Gasteiger partial charge in [0.1, 0.15) is 5.76 Å². The van der Waals surface area contributed by atoms with Crippen molar-refractivity contribution in [3.8, 4) is 0 Å². The summed E-state index contributed by atoms with van der Waals surface area (Å²) in [6, 6.07) is 3.60. The maximum atomic E-state index is 12.5. The maximum absolute atomic E-state index is 12.5. The van der Waals surface area contributed by atoms with Crippen LogP contribution >= 0.6 is 23.1 Å². The summed E-state index contributed by atoms with van der Waals surface area (Å²) in [5.41, 5.74) is 7.84. The highest BCUT2D eigenvalue weighted by Gasteiger charge is 2.17. The summed E-state index contributed by atoms with van der Waals surface area (Å²) in [4.78, 5) is 12.5. The fourth-order valence-electron chi connectivity index (χ4n) is 3.28. The molecule has 1 N–H and O–H groups in total. The lowest BCUT2D eigenvalue weighted by molar-refractivity contribution is 0.0995.